The first kappa shape index (κ1) is 25.3. The van der Waals surface area contributed by atoms with Crippen molar-refractivity contribution >= 4 is 40.8 Å². The number of carbonyl (C=O) groups excluding carboxylic acids is 2. The molecule has 0 unspecified atom stereocenters. The Morgan fingerprint density at radius 2 is 1.75 bits per heavy atom. The van der Waals surface area contributed by atoms with Crippen molar-refractivity contribution in [3.8, 4) is 0 Å². The quantitative estimate of drug-likeness (QED) is 0.492. The Kier molecular flexibility index (Phi) is 8.71. The molecule has 32 heavy (non-hydrogen) atoms. The van der Waals surface area contributed by atoms with Crippen LogP contribution in [0.2, 0.25) is 0 Å². The predicted molar refractivity (Wildman–Crippen MR) is 129 cm³/mol. The molecule has 1 heterocycles. The Hall–Kier alpha value is -3.01. The van der Waals surface area contributed by atoms with Crippen LogP contribution < -0.4 is 27.2 Å². The molecular weight excluding hydrogens is 430 g/mol. The van der Waals surface area contributed by atoms with E-state index in [4.69, 9.17) is 5.73 Å². The first-order valence-electron chi connectivity index (χ1n) is 10.4. The molecule has 0 atom stereocenters. The molecule has 0 bridgehead atoms. The third kappa shape index (κ3) is 6.74. The molecule has 0 saturated heterocycles. The van der Waals surface area contributed by atoms with Crippen molar-refractivity contribution in [2.45, 2.75) is 46.1 Å². The summed E-state index contributed by atoms with van der Waals surface area (Å²) in [5.41, 5.74) is 5.63. The molecule has 0 aliphatic rings. The lowest BCUT2D eigenvalue weighted by Gasteiger charge is -2.26. The number of anilines is 3. The van der Waals surface area contributed by atoms with Crippen LogP contribution in [0.15, 0.2) is 38.8 Å². The van der Waals surface area contributed by atoms with Crippen molar-refractivity contribution in [3.05, 3.63) is 45.1 Å². The second-order valence-corrected chi connectivity index (χ2v) is 9.44. The number of nitrogens with zero attached hydrogens (tertiary/aromatic N) is 2. The summed E-state index contributed by atoms with van der Waals surface area (Å²) in [6.45, 7) is 9.78. The molecule has 0 fully saturated rings. The highest BCUT2D eigenvalue weighted by Crippen LogP contribution is 2.24. The summed E-state index contributed by atoms with van der Waals surface area (Å²) >= 11 is 1.31. The van der Waals surface area contributed by atoms with Gasteiger partial charge in [-0.3, -0.25) is 23.9 Å². The number of H-pyrrole nitrogens is 1. The van der Waals surface area contributed by atoms with E-state index >= 15 is 0 Å². The van der Waals surface area contributed by atoms with E-state index in [1.54, 1.807) is 24.3 Å². The van der Waals surface area contributed by atoms with Crippen LogP contribution in [0.25, 0.3) is 0 Å². The van der Waals surface area contributed by atoms with Crippen molar-refractivity contribution in [3.63, 3.8) is 0 Å². The molecule has 0 saturated carbocycles. The third-order valence-corrected chi connectivity index (χ3v) is 5.41. The minimum Gasteiger partial charge on any atom is -0.383 e. The summed E-state index contributed by atoms with van der Waals surface area (Å²) in [6.07, 6.45) is 0. The highest BCUT2D eigenvalue weighted by molar-refractivity contribution is 8.00. The van der Waals surface area contributed by atoms with E-state index in [1.807, 2.05) is 27.7 Å². The van der Waals surface area contributed by atoms with Gasteiger partial charge in [0.15, 0.2) is 5.69 Å². The van der Waals surface area contributed by atoms with Crippen LogP contribution in [0.1, 0.15) is 34.6 Å². The van der Waals surface area contributed by atoms with Crippen molar-refractivity contribution in [2.75, 3.05) is 28.2 Å². The third-order valence-electron chi connectivity index (χ3n) is 4.42. The Morgan fingerprint density at radius 3 is 2.28 bits per heavy atom. The van der Waals surface area contributed by atoms with Gasteiger partial charge < -0.3 is 16.0 Å². The molecule has 0 spiro atoms. The average molecular weight is 462 g/mol. The van der Waals surface area contributed by atoms with E-state index in [0.717, 1.165) is 4.90 Å². The van der Waals surface area contributed by atoms with Gasteiger partial charge in [-0.05, 0) is 36.1 Å². The number of aromatic nitrogens is 2. The van der Waals surface area contributed by atoms with Gasteiger partial charge in [0.25, 0.3) is 5.56 Å². The smallest absolute Gasteiger partial charge is 0.330 e. The molecule has 1 aromatic carbocycles. The van der Waals surface area contributed by atoms with Crippen molar-refractivity contribution in [2.24, 2.45) is 11.8 Å². The zero-order chi connectivity index (χ0) is 24.0. The monoisotopic (exact) mass is 461 g/mol. The number of thioether (sulfide) groups is 1. The minimum atomic E-state index is -0.675. The molecule has 4 N–H and O–H groups in total. The summed E-state index contributed by atoms with van der Waals surface area (Å²) < 4.78 is 1.30. The molecule has 0 aliphatic carbocycles. The summed E-state index contributed by atoms with van der Waals surface area (Å²) in [7, 11) is 0. The summed E-state index contributed by atoms with van der Waals surface area (Å²) in [5, 5.41) is 2.69. The normalized spacial score (nSPS) is 11.1. The lowest BCUT2D eigenvalue weighted by atomic mass is 10.2. The number of nitrogens with one attached hydrogen (secondary N) is 2. The van der Waals surface area contributed by atoms with Crippen LogP contribution in [0.3, 0.4) is 0 Å². The lowest BCUT2D eigenvalue weighted by molar-refractivity contribution is -0.116. The molecule has 174 valence electrons. The topological polar surface area (TPSA) is 130 Å². The van der Waals surface area contributed by atoms with E-state index in [-0.39, 0.29) is 47.5 Å². The average Bonchev–Trinajstić information content (AvgIpc) is 2.68. The maximum atomic E-state index is 13.1. The van der Waals surface area contributed by atoms with Gasteiger partial charge in [-0.2, -0.15) is 0 Å². The van der Waals surface area contributed by atoms with Gasteiger partial charge >= 0.3 is 5.69 Å². The van der Waals surface area contributed by atoms with Crippen LogP contribution in [0.4, 0.5) is 17.2 Å². The van der Waals surface area contributed by atoms with Crippen LogP contribution in [-0.2, 0) is 16.1 Å². The van der Waals surface area contributed by atoms with Gasteiger partial charge in [0, 0.05) is 30.6 Å². The molecule has 1 aromatic heterocycles. The summed E-state index contributed by atoms with van der Waals surface area (Å²) in [5.74, 6) is -0.183. The SMILES string of the molecule is CC(=O)Nc1ccc(SCC(=O)N(CC(C)C)c2c(N)n(CC(C)C)c(=O)[nH]c2=O)cc1. The van der Waals surface area contributed by atoms with Gasteiger partial charge in [-0.1, -0.05) is 27.7 Å². The second-order valence-electron chi connectivity index (χ2n) is 8.39. The van der Waals surface area contributed by atoms with Gasteiger partial charge in [0.2, 0.25) is 11.8 Å². The van der Waals surface area contributed by atoms with Crippen LogP contribution in [0, 0.1) is 11.8 Å². The van der Waals surface area contributed by atoms with Gasteiger partial charge in [0.05, 0.1) is 5.75 Å². The van der Waals surface area contributed by atoms with Crippen molar-refractivity contribution in [1.29, 1.82) is 0 Å². The Morgan fingerprint density at radius 1 is 1.12 bits per heavy atom. The highest BCUT2D eigenvalue weighted by Gasteiger charge is 2.25. The van der Waals surface area contributed by atoms with E-state index in [9.17, 15) is 19.2 Å². The standard InChI is InChI=1S/C22H31N5O4S/c1-13(2)10-26(19-20(23)27(11-14(3)4)22(31)25-21(19)30)18(29)12-32-17-8-6-16(7-9-17)24-15(5)28/h6-9,13-14H,10-12,23H2,1-5H3,(H,24,28)(H,25,30,31). The molecule has 9 nitrogen and oxygen atoms in total. The van der Waals surface area contributed by atoms with Crippen molar-refractivity contribution in [1.82, 2.24) is 9.55 Å². The summed E-state index contributed by atoms with van der Waals surface area (Å²) in [4.78, 5) is 53.7. The molecule has 2 rings (SSSR count). The second kappa shape index (κ2) is 11.0. The van der Waals surface area contributed by atoms with E-state index in [0.29, 0.717) is 12.2 Å². The zero-order valence-electron chi connectivity index (χ0n) is 19.1. The maximum Gasteiger partial charge on any atom is 0.330 e. The van der Waals surface area contributed by atoms with E-state index in [2.05, 4.69) is 10.3 Å². The zero-order valence-corrected chi connectivity index (χ0v) is 19.9. The molecule has 0 radical (unpaired) electrons. The van der Waals surface area contributed by atoms with Gasteiger partial charge in [0.1, 0.15) is 5.82 Å². The predicted octanol–water partition coefficient (Wildman–Crippen LogP) is 2.51. The molecule has 10 heteroatoms. The Bertz CT molecular complexity index is 1070. The Balaban J connectivity index is 2.30. The van der Waals surface area contributed by atoms with Gasteiger partial charge in [-0.25, -0.2) is 4.79 Å². The van der Waals surface area contributed by atoms with Crippen LogP contribution in [-0.4, -0.2) is 33.7 Å². The molecule has 0 aliphatic heterocycles. The molecular formula is C22H31N5O4S. The van der Waals surface area contributed by atoms with Crippen LogP contribution in [0.5, 0.6) is 0 Å². The first-order chi connectivity index (χ1) is 15.0. The molecule has 2 aromatic rings. The lowest BCUT2D eigenvalue weighted by Crippen LogP contribution is -2.43. The molecule has 2 amide bonds. The van der Waals surface area contributed by atoms with Crippen LogP contribution >= 0.6 is 11.8 Å². The number of carbonyl (C=O) groups is 2. The fourth-order valence-corrected chi connectivity index (χ4v) is 3.90. The number of benzene rings is 1. The van der Waals surface area contributed by atoms with Gasteiger partial charge in [-0.15, -0.1) is 11.8 Å². The number of nitrogen functional groups attached to an aromatic ring is 1. The maximum absolute atomic E-state index is 13.1. The number of rotatable bonds is 9. The van der Waals surface area contributed by atoms with E-state index < -0.39 is 11.2 Å². The number of hydrogen-bond donors (Lipinski definition) is 3. The minimum absolute atomic E-state index is 0.00514. The fraction of sp³-hybridized carbons (Fsp3) is 0.455. The largest absolute Gasteiger partial charge is 0.383 e. The summed E-state index contributed by atoms with van der Waals surface area (Å²) in [6, 6.07) is 7.12. The number of aromatic amines is 1. The van der Waals surface area contributed by atoms with Crippen molar-refractivity contribution < 1.29 is 9.59 Å². The number of hydrogen-bond acceptors (Lipinski definition) is 6. The fourth-order valence-electron chi connectivity index (χ4n) is 3.13. The highest BCUT2D eigenvalue weighted by atomic mass is 32.2. The number of nitrogens with two attached hydrogens (primary N) is 1. The number of amides is 2. The first-order valence-corrected chi connectivity index (χ1v) is 11.4. The Labute approximate surface area is 191 Å². The van der Waals surface area contributed by atoms with E-state index in [1.165, 1.54) is 28.2 Å².